The van der Waals surface area contributed by atoms with Gasteiger partial charge in [0.05, 0.1) is 6.04 Å². The van der Waals surface area contributed by atoms with Gasteiger partial charge in [0.25, 0.3) is 0 Å². The maximum atomic E-state index is 6.32. The molecule has 0 aliphatic carbocycles. The molecule has 2 N–H and O–H groups in total. The second kappa shape index (κ2) is 4.47. The van der Waals surface area contributed by atoms with Gasteiger partial charge in [-0.05, 0) is 62.5 Å². The maximum absolute atomic E-state index is 6.32. The van der Waals surface area contributed by atoms with Gasteiger partial charge in [0, 0.05) is 11.6 Å². The minimum Gasteiger partial charge on any atom is -0.326 e. The Bertz CT molecular complexity index is 326. The van der Waals surface area contributed by atoms with Gasteiger partial charge in [0.15, 0.2) is 0 Å². The SMILES string of the molecule is CC(C)(C)N1CCCC(N)C1c1ccsc1. The van der Waals surface area contributed by atoms with E-state index in [0.29, 0.717) is 6.04 Å². The van der Waals surface area contributed by atoms with Crippen molar-refractivity contribution >= 4 is 11.3 Å². The smallest absolute Gasteiger partial charge is 0.0512 e. The highest BCUT2D eigenvalue weighted by Crippen LogP contribution is 2.36. The molecule has 1 fully saturated rings. The summed E-state index contributed by atoms with van der Waals surface area (Å²) in [4.78, 5) is 2.56. The predicted octanol–water partition coefficient (Wildman–Crippen LogP) is 3.01. The van der Waals surface area contributed by atoms with Gasteiger partial charge < -0.3 is 5.73 Å². The molecule has 0 radical (unpaired) electrons. The monoisotopic (exact) mass is 238 g/mol. The Labute approximate surface area is 102 Å². The van der Waals surface area contributed by atoms with E-state index in [1.807, 2.05) is 0 Å². The van der Waals surface area contributed by atoms with Crippen molar-refractivity contribution in [1.82, 2.24) is 4.90 Å². The molecule has 0 bridgehead atoms. The largest absolute Gasteiger partial charge is 0.326 e. The van der Waals surface area contributed by atoms with E-state index in [0.717, 1.165) is 13.0 Å². The van der Waals surface area contributed by atoms with Crippen molar-refractivity contribution in [2.75, 3.05) is 6.54 Å². The van der Waals surface area contributed by atoms with Crippen LogP contribution < -0.4 is 5.73 Å². The predicted molar refractivity (Wildman–Crippen MR) is 70.7 cm³/mol. The van der Waals surface area contributed by atoms with Gasteiger partial charge in [-0.25, -0.2) is 0 Å². The van der Waals surface area contributed by atoms with Crippen molar-refractivity contribution in [2.24, 2.45) is 5.73 Å². The van der Waals surface area contributed by atoms with Gasteiger partial charge in [0.2, 0.25) is 0 Å². The second-order valence-electron chi connectivity index (χ2n) is 5.67. The highest BCUT2D eigenvalue weighted by Gasteiger charge is 2.36. The van der Waals surface area contributed by atoms with Crippen LogP contribution in [0.2, 0.25) is 0 Å². The third kappa shape index (κ3) is 2.31. The summed E-state index contributed by atoms with van der Waals surface area (Å²) in [5.74, 6) is 0. The molecule has 2 unspecified atom stereocenters. The number of nitrogens with two attached hydrogens (primary N) is 1. The molecule has 1 saturated heterocycles. The quantitative estimate of drug-likeness (QED) is 0.815. The van der Waals surface area contributed by atoms with E-state index < -0.39 is 0 Å². The molecule has 1 aliphatic rings. The normalized spacial score (nSPS) is 28.2. The van der Waals surface area contributed by atoms with Gasteiger partial charge in [-0.3, -0.25) is 4.90 Å². The van der Waals surface area contributed by atoms with Crippen LogP contribution in [0, 0.1) is 0 Å². The first-order valence-corrected chi connectivity index (χ1v) is 6.99. The molecule has 0 spiro atoms. The van der Waals surface area contributed by atoms with Crippen LogP contribution in [0.5, 0.6) is 0 Å². The van der Waals surface area contributed by atoms with E-state index >= 15 is 0 Å². The van der Waals surface area contributed by atoms with Gasteiger partial charge in [0.1, 0.15) is 0 Å². The molecule has 2 nitrogen and oxygen atoms in total. The lowest BCUT2D eigenvalue weighted by Crippen LogP contribution is -2.53. The Morgan fingerprint density at radius 1 is 1.44 bits per heavy atom. The molecule has 90 valence electrons. The van der Waals surface area contributed by atoms with Crippen molar-refractivity contribution in [3.63, 3.8) is 0 Å². The number of likely N-dealkylation sites (tertiary alicyclic amines) is 1. The fourth-order valence-electron chi connectivity index (χ4n) is 2.65. The van der Waals surface area contributed by atoms with Crippen molar-refractivity contribution in [3.8, 4) is 0 Å². The average Bonchev–Trinajstić information content (AvgIpc) is 2.68. The minimum absolute atomic E-state index is 0.199. The number of rotatable bonds is 1. The Morgan fingerprint density at radius 3 is 2.75 bits per heavy atom. The fraction of sp³-hybridized carbons (Fsp3) is 0.692. The average molecular weight is 238 g/mol. The van der Waals surface area contributed by atoms with E-state index in [4.69, 9.17) is 5.73 Å². The number of hydrogen-bond donors (Lipinski definition) is 1. The Kier molecular flexibility index (Phi) is 3.38. The molecule has 3 heteroatoms. The summed E-state index contributed by atoms with van der Waals surface area (Å²) in [6.45, 7) is 8.01. The highest BCUT2D eigenvalue weighted by atomic mass is 32.1. The van der Waals surface area contributed by atoms with Crippen LogP contribution in [0.3, 0.4) is 0 Å². The number of hydrogen-bond acceptors (Lipinski definition) is 3. The third-order valence-electron chi connectivity index (χ3n) is 3.42. The van der Waals surface area contributed by atoms with E-state index in [2.05, 4.69) is 42.5 Å². The standard InChI is InChI=1S/C13H22N2S/c1-13(2,3)15-7-4-5-11(14)12(15)10-6-8-16-9-10/h6,8-9,11-12H,4-5,7,14H2,1-3H3. The van der Waals surface area contributed by atoms with E-state index in [1.54, 1.807) is 11.3 Å². The van der Waals surface area contributed by atoms with Gasteiger partial charge in [-0.1, -0.05) is 0 Å². The first-order valence-electron chi connectivity index (χ1n) is 6.04. The van der Waals surface area contributed by atoms with Crippen LogP contribution in [-0.4, -0.2) is 23.0 Å². The Hall–Kier alpha value is -0.380. The zero-order chi connectivity index (χ0) is 11.8. The zero-order valence-corrected chi connectivity index (χ0v) is 11.3. The van der Waals surface area contributed by atoms with Crippen molar-refractivity contribution in [1.29, 1.82) is 0 Å². The summed E-state index contributed by atoms with van der Waals surface area (Å²) in [5, 5.41) is 4.39. The molecule has 2 atom stereocenters. The van der Waals surface area contributed by atoms with E-state index in [1.165, 1.54) is 12.0 Å². The fourth-order valence-corrected chi connectivity index (χ4v) is 3.34. The summed E-state index contributed by atoms with van der Waals surface area (Å²) in [7, 11) is 0. The molecule has 2 heterocycles. The molecular weight excluding hydrogens is 216 g/mol. The molecular formula is C13H22N2S. The summed E-state index contributed by atoms with van der Waals surface area (Å²) in [6, 6.07) is 2.90. The first kappa shape index (κ1) is 12.1. The zero-order valence-electron chi connectivity index (χ0n) is 10.4. The lowest BCUT2D eigenvalue weighted by molar-refractivity contribution is 0.0386. The molecule has 16 heavy (non-hydrogen) atoms. The molecule has 1 aromatic heterocycles. The van der Waals surface area contributed by atoms with E-state index in [-0.39, 0.29) is 11.6 Å². The third-order valence-corrected chi connectivity index (χ3v) is 4.13. The first-order chi connectivity index (χ1) is 7.50. The van der Waals surface area contributed by atoms with Crippen LogP contribution in [0.25, 0.3) is 0 Å². The summed E-state index contributed by atoms with van der Waals surface area (Å²) in [6.07, 6.45) is 2.37. The van der Waals surface area contributed by atoms with Crippen molar-refractivity contribution in [2.45, 2.75) is 51.2 Å². The topological polar surface area (TPSA) is 29.3 Å². The van der Waals surface area contributed by atoms with Crippen molar-refractivity contribution < 1.29 is 0 Å². The molecule has 0 aromatic carbocycles. The molecule has 1 aliphatic heterocycles. The molecule has 2 rings (SSSR count). The van der Waals surface area contributed by atoms with Gasteiger partial charge in [-0.2, -0.15) is 11.3 Å². The van der Waals surface area contributed by atoms with Crippen LogP contribution in [0.1, 0.15) is 45.2 Å². The second-order valence-corrected chi connectivity index (χ2v) is 6.45. The number of nitrogens with zero attached hydrogens (tertiary/aromatic N) is 1. The number of thiophene rings is 1. The van der Waals surface area contributed by atoms with Gasteiger partial charge >= 0.3 is 0 Å². The van der Waals surface area contributed by atoms with Gasteiger partial charge in [-0.15, -0.1) is 0 Å². The summed E-state index contributed by atoms with van der Waals surface area (Å²) in [5.41, 5.74) is 7.91. The van der Waals surface area contributed by atoms with Crippen LogP contribution in [0.4, 0.5) is 0 Å². The van der Waals surface area contributed by atoms with Crippen molar-refractivity contribution in [3.05, 3.63) is 22.4 Å². The summed E-state index contributed by atoms with van der Waals surface area (Å²) < 4.78 is 0. The number of piperidine rings is 1. The van der Waals surface area contributed by atoms with E-state index in [9.17, 15) is 0 Å². The lowest BCUT2D eigenvalue weighted by Gasteiger charge is -2.47. The maximum Gasteiger partial charge on any atom is 0.0512 e. The molecule has 1 aromatic rings. The Morgan fingerprint density at radius 2 is 2.19 bits per heavy atom. The molecule has 0 saturated carbocycles. The van der Waals surface area contributed by atoms with Crippen LogP contribution >= 0.6 is 11.3 Å². The molecule has 0 amide bonds. The van der Waals surface area contributed by atoms with Crippen LogP contribution in [-0.2, 0) is 0 Å². The minimum atomic E-state index is 0.199. The highest BCUT2D eigenvalue weighted by molar-refractivity contribution is 7.07. The Balaban J connectivity index is 2.28. The summed E-state index contributed by atoms with van der Waals surface area (Å²) >= 11 is 1.77. The van der Waals surface area contributed by atoms with Crippen LogP contribution in [0.15, 0.2) is 16.8 Å². The lowest BCUT2D eigenvalue weighted by atomic mass is 9.88.